The Morgan fingerprint density at radius 1 is 0.950 bits per heavy atom. The van der Waals surface area contributed by atoms with E-state index in [1.807, 2.05) is 6.07 Å². The molecule has 1 aromatic carbocycles. The number of benzene rings is 1. The molecule has 0 saturated carbocycles. The largest absolute Gasteiger partial charge is 0.494 e. The first-order chi connectivity index (χ1) is 9.77. The molecule has 0 saturated heterocycles. The average molecular weight is 406 g/mol. The summed E-state index contributed by atoms with van der Waals surface area (Å²) in [5.74, 6) is 0.977. The van der Waals surface area contributed by atoms with E-state index >= 15 is 0 Å². The Balaban J connectivity index is 2.06. The summed E-state index contributed by atoms with van der Waals surface area (Å²) in [5, 5.41) is 0.850. The van der Waals surface area contributed by atoms with Crippen LogP contribution in [0.1, 0.15) is 63.9 Å². The van der Waals surface area contributed by atoms with Crippen molar-refractivity contribution in [1.82, 2.24) is 0 Å². The smallest absolute Gasteiger partial charge is 0.119 e. The monoisotopic (exact) mass is 404 g/mol. The molecule has 0 radical (unpaired) electrons. The van der Waals surface area contributed by atoms with E-state index in [4.69, 9.17) is 4.74 Å². The minimum atomic E-state index is 0.832. The van der Waals surface area contributed by atoms with Gasteiger partial charge in [-0.25, -0.2) is 0 Å². The van der Waals surface area contributed by atoms with Crippen molar-refractivity contribution in [1.29, 1.82) is 0 Å². The van der Waals surface area contributed by atoms with Crippen LogP contribution in [0.5, 0.6) is 5.75 Å². The van der Waals surface area contributed by atoms with Gasteiger partial charge < -0.3 is 4.74 Å². The number of rotatable bonds is 11. The summed E-state index contributed by atoms with van der Waals surface area (Å²) in [4.78, 5) is 0. The van der Waals surface area contributed by atoms with Crippen LogP contribution < -0.4 is 4.74 Å². The molecule has 0 aromatic heterocycles. The maximum Gasteiger partial charge on any atom is 0.119 e. The zero-order valence-electron chi connectivity index (χ0n) is 12.5. The summed E-state index contributed by atoms with van der Waals surface area (Å²) in [6, 6.07) is 6.18. The number of unbranched alkanes of at least 4 members (excludes halogenated alkanes) is 7. The molecule has 3 heteroatoms. The van der Waals surface area contributed by atoms with Crippen LogP contribution in [-0.4, -0.2) is 6.61 Å². The van der Waals surface area contributed by atoms with Gasteiger partial charge in [0, 0.05) is 9.80 Å². The van der Waals surface area contributed by atoms with Gasteiger partial charge >= 0.3 is 0 Å². The van der Waals surface area contributed by atoms with E-state index in [1.54, 1.807) is 0 Å². The number of alkyl halides is 1. The van der Waals surface area contributed by atoms with E-state index in [2.05, 4.69) is 50.9 Å². The highest BCUT2D eigenvalue weighted by atomic mass is 79.9. The van der Waals surface area contributed by atoms with E-state index in [0.29, 0.717) is 0 Å². The van der Waals surface area contributed by atoms with Crippen molar-refractivity contribution in [2.75, 3.05) is 6.61 Å². The van der Waals surface area contributed by atoms with Gasteiger partial charge in [0.1, 0.15) is 5.75 Å². The quantitative estimate of drug-likeness (QED) is 0.288. The molecule has 20 heavy (non-hydrogen) atoms. The van der Waals surface area contributed by atoms with Crippen molar-refractivity contribution in [2.45, 2.75) is 63.6 Å². The fourth-order valence-electron chi connectivity index (χ4n) is 2.17. The van der Waals surface area contributed by atoms with Crippen molar-refractivity contribution in [3.8, 4) is 5.75 Å². The molecule has 0 bridgehead atoms. The molecule has 114 valence electrons. The maximum absolute atomic E-state index is 5.81. The Hall–Kier alpha value is -0.0200. The lowest BCUT2D eigenvalue weighted by molar-refractivity contribution is 0.304. The van der Waals surface area contributed by atoms with E-state index in [1.165, 1.54) is 50.5 Å². The van der Waals surface area contributed by atoms with Crippen LogP contribution in [0.15, 0.2) is 22.7 Å². The fraction of sp³-hybridized carbons (Fsp3) is 0.647. The van der Waals surface area contributed by atoms with Crippen molar-refractivity contribution in [3.05, 3.63) is 28.2 Å². The Bertz CT molecular complexity index is 366. The van der Waals surface area contributed by atoms with Gasteiger partial charge in [-0.2, -0.15) is 0 Å². The summed E-state index contributed by atoms with van der Waals surface area (Å²) in [7, 11) is 0. The number of hydrogen-bond donors (Lipinski definition) is 0. The average Bonchev–Trinajstić information content (AvgIpc) is 2.47. The highest BCUT2D eigenvalue weighted by Crippen LogP contribution is 2.24. The molecule has 0 aliphatic rings. The Morgan fingerprint density at radius 2 is 1.60 bits per heavy atom. The Morgan fingerprint density at radius 3 is 2.25 bits per heavy atom. The fourth-order valence-corrected chi connectivity index (χ4v) is 3.40. The molecule has 1 rings (SSSR count). The van der Waals surface area contributed by atoms with Gasteiger partial charge in [0.15, 0.2) is 0 Å². The van der Waals surface area contributed by atoms with Crippen LogP contribution in [-0.2, 0) is 5.33 Å². The Labute approximate surface area is 140 Å². The van der Waals surface area contributed by atoms with Crippen molar-refractivity contribution < 1.29 is 4.74 Å². The van der Waals surface area contributed by atoms with Gasteiger partial charge in [0.25, 0.3) is 0 Å². The molecule has 0 heterocycles. The van der Waals surface area contributed by atoms with Gasteiger partial charge in [0.05, 0.1) is 6.61 Å². The predicted molar refractivity (Wildman–Crippen MR) is 94.9 cm³/mol. The Kier molecular flexibility index (Phi) is 10.5. The lowest BCUT2D eigenvalue weighted by atomic mass is 10.1. The summed E-state index contributed by atoms with van der Waals surface area (Å²) in [6.45, 7) is 3.10. The van der Waals surface area contributed by atoms with E-state index in [9.17, 15) is 0 Å². The van der Waals surface area contributed by atoms with Crippen LogP contribution in [0.3, 0.4) is 0 Å². The molecule has 0 atom stereocenters. The lowest BCUT2D eigenvalue weighted by Crippen LogP contribution is -1.98. The zero-order chi connectivity index (χ0) is 14.6. The first-order valence-corrected chi connectivity index (χ1v) is 9.66. The normalized spacial score (nSPS) is 10.8. The number of halogens is 2. The SMILES string of the molecule is CCCCCCCCCCOc1ccc(Br)c(CBr)c1. The summed E-state index contributed by atoms with van der Waals surface area (Å²) >= 11 is 7.02. The van der Waals surface area contributed by atoms with Crippen molar-refractivity contribution >= 4 is 31.9 Å². The second kappa shape index (κ2) is 11.6. The molecule has 1 nitrogen and oxygen atoms in total. The van der Waals surface area contributed by atoms with Crippen LogP contribution in [0, 0.1) is 0 Å². The number of ether oxygens (including phenoxy) is 1. The first-order valence-electron chi connectivity index (χ1n) is 7.75. The molecule has 0 amide bonds. The zero-order valence-corrected chi connectivity index (χ0v) is 15.6. The van der Waals surface area contributed by atoms with Gasteiger partial charge in [0.2, 0.25) is 0 Å². The summed E-state index contributed by atoms with van der Waals surface area (Å²) in [5.41, 5.74) is 1.23. The van der Waals surface area contributed by atoms with E-state index in [-0.39, 0.29) is 0 Å². The molecule has 0 aliphatic heterocycles. The molecular formula is C17H26Br2O. The second-order valence-corrected chi connectivity index (χ2v) is 6.63. The van der Waals surface area contributed by atoms with Crippen LogP contribution in [0.4, 0.5) is 0 Å². The van der Waals surface area contributed by atoms with E-state index < -0.39 is 0 Å². The van der Waals surface area contributed by atoms with Crippen molar-refractivity contribution in [3.63, 3.8) is 0 Å². The third-order valence-electron chi connectivity index (χ3n) is 3.43. The third-order valence-corrected chi connectivity index (χ3v) is 4.81. The molecule has 0 N–H and O–H groups in total. The third kappa shape index (κ3) is 7.68. The van der Waals surface area contributed by atoms with Crippen LogP contribution >= 0.6 is 31.9 Å². The van der Waals surface area contributed by atoms with Gasteiger partial charge in [-0.15, -0.1) is 0 Å². The van der Waals surface area contributed by atoms with Crippen LogP contribution in [0.2, 0.25) is 0 Å². The molecule has 0 aliphatic carbocycles. The molecule has 0 unspecified atom stereocenters. The van der Waals surface area contributed by atoms with Crippen molar-refractivity contribution in [2.24, 2.45) is 0 Å². The van der Waals surface area contributed by atoms with Gasteiger partial charge in [-0.1, -0.05) is 83.7 Å². The summed E-state index contributed by atoms with van der Waals surface area (Å²) in [6.07, 6.45) is 10.7. The first kappa shape index (κ1) is 18.0. The lowest BCUT2D eigenvalue weighted by Gasteiger charge is -2.08. The molecule has 1 aromatic rings. The topological polar surface area (TPSA) is 9.23 Å². The maximum atomic E-state index is 5.81. The molecule has 0 spiro atoms. The minimum Gasteiger partial charge on any atom is -0.494 e. The van der Waals surface area contributed by atoms with Gasteiger partial charge in [-0.05, 0) is 30.2 Å². The highest BCUT2D eigenvalue weighted by Gasteiger charge is 2.01. The summed E-state index contributed by atoms with van der Waals surface area (Å²) < 4.78 is 6.94. The highest BCUT2D eigenvalue weighted by molar-refractivity contribution is 9.10. The van der Waals surface area contributed by atoms with Crippen LogP contribution in [0.25, 0.3) is 0 Å². The molecule has 0 fully saturated rings. The minimum absolute atomic E-state index is 0.832. The second-order valence-electron chi connectivity index (χ2n) is 5.21. The number of hydrogen-bond acceptors (Lipinski definition) is 1. The van der Waals surface area contributed by atoms with E-state index in [0.717, 1.165) is 28.6 Å². The van der Waals surface area contributed by atoms with Gasteiger partial charge in [-0.3, -0.25) is 0 Å². The molecular weight excluding hydrogens is 380 g/mol. The standard InChI is InChI=1S/C17H26Br2O/c1-2-3-4-5-6-7-8-9-12-20-16-10-11-17(19)15(13-16)14-18/h10-11,13H,2-9,12,14H2,1H3. The predicted octanol–water partition coefficient (Wildman–Crippen LogP) is 6.86.